The first-order chi connectivity index (χ1) is 9.45. The third-order valence-electron chi connectivity index (χ3n) is 3.96. The van der Waals surface area contributed by atoms with Gasteiger partial charge in [-0.05, 0) is 56.4 Å². The van der Waals surface area contributed by atoms with Gasteiger partial charge in [-0.2, -0.15) is 0 Å². The van der Waals surface area contributed by atoms with Gasteiger partial charge in [-0.25, -0.2) is 4.79 Å². The average molecular weight is 273 g/mol. The molecule has 4 nitrogen and oxygen atoms in total. The van der Waals surface area contributed by atoms with Crippen molar-refractivity contribution in [2.45, 2.75) is 44.8 Å². The molecule has 2 aliphatic rings. The van der Waals surface area contributed by atoms with Crippen molar-refractivity contribution in [2.75, 3.05) is 5.32 Å². The molecule has 4 heteroatoms. The minimum atomic E-state index is -0.637. The van der Waals surface area contributed by atoms with Crippen LogP contribution >= 0.6 is 0 Å². The van der Waals surface area contributed by atoms with Crippen molar-refractivity contribution >= 4 is 17.4 Å². The predicted molar refractivity (Wildman–Crippen MR) is 77.4 cm³/mol. The summed E-state index contributed by atoms with van der Waals surface area (Å²) >= 11 is 0. The van der Waals surface area contributed by atoms with Crippen molar-refractivity contribution in [2.24, 2.45) is 0 Å². The molecule has 1 atom stereocenters. The monoisotopic (exact) mass is 273 g/mol. The zero-order valence-corrected chi connectivity index (χ0v) is 11.8. The molecule has 20 heavy (non-hydrogen) atoms. The highest BCUT2D eigenvalue weighted by Crippen LogP contribution is 2.38. The molecular weight excluding hydrogens is 254 g/mol. The summed E-state index contributed by atoms with van der Waals surface area (Å²) < 4.78 is 5.34. The summed E-state index contributed by atoms with van der Waals surface area (Å²) in [5.74, 6) is 0. The van der Waals surface area contributed by atoms with E-state index in [9.17, 15) is 9.90 Å². The van der Waals surface area contributed by atoms with Crippen LogP contribution in [0.25, 0.3) is 5.57 Å². The summed E-state index contributed by atoms with van der Waals surface area (Å²) in [6.45, 7) is 3.77. The molecule has 0 radical (unpaired) electrons. The van der Waals surface area contributed by atoms with E-state index < -0.39 is 11.7 Å². The fourth-order valence-electron chi connectivity index (χ4n) is 2.91. The van der Waals surface area contributed by atoms with Gasteiger partial charge < -0.3 is 9.84 Å². The zero-order valence-electron chi connectivity index (χ0n) is 11.8. The number of aliphatic hydroxyl groups excluding tert-OH is 1. The van der Waals surface area contributed by atoms with E-state index in [1.165, 1.54) is 5.57 Å². The number of anilines is 1. The Labute approximate surface area is 118 Å². The molecule has 1 aromatic rings. The Morgan fingerprint density at radius 2 is 2.20 bits per heavy atom. The van der Waals surface area contributed by atoms with Gasteiger partial charge in [0.05, 0.1) is 11.8 Å². The lowest BCUT2D eigenvalue weighted by atomic mass is 9.87. The van der Waals surface area contributed by atoms with E-state index in [1.54, 1.807) is 0 Å². The van der Waals surface area contributed by atoms with Crippen LogP contribution in [0.3, 0.4) is 0 Å². The van der Waals surface area contributed by atoms with Crippen LogP contribution in [0.4, 0.5) is 10.5 Å². The van der Waals surface area contributed by atoms with Crippen molar-refractivity contribution in [1.29, 1.82) is 0 Å². The number of aliphatic hydroxyl groups is 1. The zero-order chi connectivity index (χ0) is 14.3. The third-order valence-corrected chi connectivity index (χ3v) is 3.96. The van der Waals surface area contributed by atoms with E-state index in [0.29, 0.717) is 0 Å². The minimum Gasteiger partial charge on any atom is -0.438 e. The number of hydrogen-bond donors (Lipinski definition) is 2. The Bertz CT molecular complexity index is 589. The molecule has 1 aliphatic carbocycles. The number of nitrogens with one attached hydrogen (secondary N) is 1. The SMILES string of the molecule is CC1(C)OC(=O)Nc2ccc(C3=CC(O)CCC3)cc21. The molecule has 106 valence electrons. The Morgan fingerprint density at radius 3 is 2.95 bits per heavy atom. The number of allylic oxidation sites excluding steroid dienone is 1. The van der Waals surface area contributed by atoms with Crippen molar-refractivity contribution in [3.05, 3.63) is 35.4 Å². The van der Waals surface area contributed by atoms with Crippen molar-refractivity contribution in [3.8, 4) is 0 Å². The largest absolute Gasteiger partial charge is 0.438 e. The molecule has 3 rings (SSSR count). The first-order valence-corrected chi connectivity index (χ1v) is 6.99. The number of fused-ring (bicyclic) bond motifs is 1. The van der Waals surface area contributed by atoms with Gasteiger partial charge in [0.25, 0.3) is 0 Å². The molecule has 1 heterocycles. The van der Waals surface area contributed by atoms with Crippen molar-refractivity contribution < 1.29 is 14.6 Å². The third kappa shape index (κ3) is 2.31. The second kappa shape index (κ2) is 4.63. The number of carbonyl (C=O) groups excluding carboxylic acids is 1. The van der Waals surface area contributed by atoms with Crippen LogP contribution in [-0.2, 0) is 10.3 Å². The second-order valence-corrected chi connectivity index (χ2v) is 5.94. The maximum atomic E-state index is 11.5. The summed E-state index contributed by atoms with van der Waals surface area (Å²) in [4.78, 5) is 11.5. The van der Waals surface area contributed by atoms with Gasteiger partial charge in [0.15, 0.2) is 0 Å². The van der Waals surface area contributed by atoms with Crippen LogP contribution in [0.15, 0.2) is 24.3 Å². The lowest BCUT2D eigenvalue weighted by molar-refractivity contribution is 0.0420. The van der Waals surface area contributed by atoms with Crippen LogP contribution in [0, 0.1) is 0 Å². The van der Waals surface area contributed by atoms with E-state index in [2.05, 4.69) is 11.4 Å². The first kappa shape index (κ1) is 13.2. The fraction of sp³-hybridized carbons (Fsp3) is 0.438. The average Bonchev–Trinajstić information content (AvgIpc) is 2.37. The van der Waals surface area contributed by atoms with Crippen LogP contribution in [0.5, 0.6) is 0 Å². The van der Waals surface area contributed by atoms with E-state index in [-0.39, 0.29) is 6.10 Å². The Kier molecular flexibility index (Phi) is 3.05. The molecule has 0 aromatic heterocycles. The maximum absolute atomic E-state index is 11.5. The number of rotatable bonds is 1. The highest BCUT2D eigenvalue weighted by molar-refractivity contribution is 5.89. The lowest BCUT2D eigenvalue weighted by Crippen LogP contribution is -2.34. The molecule has 0 fully saturated rings. The number of ether oxygens (including phenoxy) is 1. The highest BCUT2D eigenvalue weighted by Gasteiger charge is 2.33. The van der Waals surface area contributed by atoms with Gasteiger partial charge in [0.2, 0.25) is 0 Å². The van der Waals surface area contributed by atoms with E-state index in [4.69, 9.17) is 4.74 Å². The molecule has 0 saturated carbocycles. The smallest absolute Gasteiger partial charge is 0.412 e. The summed E-state index contributed by atoms with van der Waals surface area (Å²) in [5.41, 5.74) is 3.39. The quantitative estimate of drug-likeness (QED) is 0.824. The van der Waals surface area contributed by atoms with Crippen molar-refractivity contribution in [3.63, 3.8) is 0 Å². The Morgan fingerprint density at radius 1 is 1.40 bits per heavy atom. The Balaban J connectivity index is 2.03. The summed E-state index contributed by atoms with van der Waals surface area (Å²) in [6, 6.07) is 5.96. The molecule has 0 spiro atoms. The molecule has 1 aliphatic heterocycles. The standard InChI is InChI=1S/C16H19NO3/c1-16(2)13-9-11(10-4-3-5-12(18)8-10)6-7-14(13)17-15(19)20-16/h6-9,12,18H,3-5H2,1-2H3,(H,17,19). The minimum absolute atomic E-state index is 0.348. The lowest BCUT2D eigenvalue weighted by Gasteiger charge is -2.33. The van der Waals surface area contributed by atoms with Gasteiger partial charge in [-0.1, -0.05) is 12.1 Å². The van der Waals surface area contributed by atoms with Crippen LogP contribution in [0.1, 0.15) is 44.2 Å². The van der Waals surface area contributed by atoms with Crippen molar-refractivity contribution in [1.82, 2.24) is 0 Å². The van der Waals surface area contributed by atoms with Crippen LogP contribution in [-0.4, -0.2) is 17.3 Å². The summed E-state index contributed by atoms with van der Waals surface area (Å²) in [7, 11) is 0. The normalized spacial score (nSPS) is 24.2. The molecule has 0 bridgehead atoms. The molecule has 1 amide bonds. The number of hydrogen-bond acceptors (Lipinski definition) is 3. The van der Waals surface area contributed by atoms with Crippen LogP contribution in [0.2, 0.25) is 0 Å². The van der Waals surface area contributed by atoms with Gasteiger partial charge >= 0.3 is 6.09 Å². The van der Waals surface area contributed by atoms with Gasteiger partial charge in [-0.15, -0.1) is 0 Å². The number of cyclic esters (lactones) is 1. The number of amides is 1. The van der Waals surface area contributed by atoms with Gasteiger partial charge in [0.1, 0.15) is 5.60 Å². The summed E-state index contributed by atoms with van der Waals surface area (Å²) in [5, 5.41) is 12.5. The molecular formula is C16H19NO3. The predicted octanol–water partition coefficient (Wildman–Crippen LogP) is 3.41. The first-order valence-electron chi connectivity index (χ1n) is 6.99. The Hall–Kier alpha value is -1.81. The van der Waals surface area contributed by atoms with Gasteiger partial charge in [-0.3, -0.25) is 5.32 Å². The number of carbonyl (C=O) groups is 1. The highest BCUT2D eigenvalue weighted by atomic mass is 16.6. The van der Waals surface area contributed by atoms with E-state index in [0.717, 1.165) is 36.1 Å². The molecule has 1 unspecified atom stereocenters. The molecule has 0 saturated heterocycles. The second-order valence-electron chi connectivity index (χ2n) is 5.94. The van der Waals surface area contributed by atoms with Crippen LogP contribution < -0.4 is 5.32 Å². The number of benzene rings is 1. The van der Waals surface area contributed by atoms with E-state index >= 15 is 0 Å². The maximum Gasteiger partial charge on any atom is 0.412 e. The van der Waals surface area contributed by atoms with E-state index in [1.807, 2.05) is 32.1 Å². The molecule has 1 aromatic carbocycles. The summed E-state index contributed by atoms with van der Waals surface area (Å²) in [6.07, 6.45) is 3.98. The topological polar surface area (TPSA) is 58.6 Å². The van der Waals surface area contributed by atoms with Gasteiger partial charge in [0, 0.05) is 5.56 Å². The molecule has 2 N–H and O–H groups in total. The fourth-order valence-corrected chi connectivity index (χ4v) is 2.91.